The van der Waals surface area contributed by atoms with E-state index in [4.69, 9.17) is 19.9 Å². The summed E-state index contributed by atoms with van der Waals surface area (Å²) >= 11 is 0. The van der Waals surface area contributed by atoms with Gasteiger partial charge in [0.1, 0.15) is 18.1 Å². The molecule has 0 spiro atoms. The summed E-state index contributed by atoms with van der Waals surface area (Å²) in [6.07, 6.45) is 17.3. The number of aromatic nitrogens is 2. The molecule has 9 nitrogen and oxygen atoms in total. The van der Waals surface area contributed by atoms with Gasteiger partial charge in [0.25, 0.3) is 5.91 Å². The first-order chi connectivity index (χ1) is 19.0. The molecule has 0 bridgehead atoms. The van der Waals surface area contributed by atoms with Gasteiger partial charge in [-0.05, 0) is 55.0 Å². The van der Waals surface area contributed by atoms with E-state index >= 15 is 0 Å². The third kappa shape index (κ3) is 4.84. The quantitative estimate of drug-likeness (QED) is 0.390. The second kappa shape index (κ2) is 10.5. The van der Waals surface area contributed by atoms with Crippen molar-refractivity contribution in [2.24, 2.45) is 11.7 Å². The minimum Gasteiger partial charge on any atom is -0.472 e. The van der Waals surface area contributed by atoms with Crippen molar-refractivity contribution in [2.75, 3.05) is 7.11 Å². The largest absolute Gasteiger partial charge is 0.472 e. The summed E-state index contributed by atoms with van der Waals surface area (Å²) < 4.78 is 12.7. The number of carbonyl (C=O) groups is 2. The zero-order chi connectivity index (χ0) is 26.9. The number of hydrogen-bond acceptors (Lipinski definition) is 7. The van der Waals surface area contributed by atoms with Crippen molar-refractivity contribution >= 4 is 22.9 Å². The summed E-state index contributed by atoms with van der Waals surface area (Å²) in [5, 5.41) is 6.20. The van der Waals surface area contributed by atoms with Crippen LogP contribution in [0.4, 0.5) is 0 Å². The summed E-state index contributed by atoms with van der Waals surface area (Å²) in [5.74, 6) is 0.0206. The van der Waals surface area contributed by atoms with Gasteiger partial charge in [0.05, 0.1) is 36.0 Å². The van der Waals surface area contributed by atoms with E-state index in [1.165, 1.54) is 26.4 Å². The fourth-order valence-electron chi connectivity index (χ4n) is 6.05. The lowest BCUT2D eigenvalue weighted by atomic mass is 9.87. The SMILES string of the molecule is COC(=O)[C@H](CC1=CNC2C=CC(N)=CC12)NC(=O)c1ccc2c(c1)nc(-c1ccoc1)n2C1CCCCC1. The number of nitrogens with one attached hydrogen (secondary N) is 2. The Bertz CT molecular complexity index is 1480. The number of nitrogens with two attached hydrogens (primary N) is 1. The summed E-state index contributed by atoms with van der Waals surface area (Å²) in [7, 11) is 1.33. The van der Waals surface area contributed by atoms with Gasteiger partial charge in [-0.25, -0.2) is 9.78 Å². The van der Waals surface area contributed by atoms with Crippen LogP contribution >= 0.6 is 0 Å². The van der Waals surface area contributed by atoms with Gasteiger partial charge in [-0.2, -0.15) is 0 Å². The number of benzene rings is 1. The van der Waals surface area contributed by atoms with Gasteiger partial charge in [-0.1, -0.05) is 31.4 Å². The van der Waals surface area contributed by atoms with Crippen molar-refractivity contribution in [3.05, 3.63) is 78.1 Å². The Hall–Kier alpha value is -4.27. The lowest BCUT2D eigenvalue weighted by Crippen LogP contribution is -2.42. The molecule has 3 atom stereocenters. The fraction of sp³-hybridized carbons (Fsp3) is 0.367. The van der Waals surface area contributed by atoms with Crippen LogP contribution in [-0.4, -0.2) is 40.6 Å². The van der Waals surface area contributed by atoms with Gasteiger partial charge in [0.2, 0.25) is 0 Å². The first-order valence-electron chi connectivity index (χ1n) is 13.6. The predicted molar refractivity (Wildman–Crippen MR) is 147 cm³/mol. The molecule has 0 saturated heterocycles. The lowest BCUT2D eigenvalue weighted by molar-refractivity contribution is -0.142. The molecule has 1 amide bonds. The molecule has 2 aliphatic carbocycles. The molecular formula is C30H33N5O4. The first kappa shape index (κ1) is 25.0. The van der Waals surface area contributed by atoms with Crippen LogP contribution in [0, 0.1) is 5.92 Å². The molecule has 3 aliphatic rings. The van der Waals surface area contributed by atoms with Crippen LogP contribution in [0.1, 0.15) is 54.9 Å². The molecule has 6 rings (SSSR count). The Morgan fingerprint density at radius 3 is 2.87 bits per heavy atom. The Morgan fingerprint density at radius 2 is 2.10 bits per heavy atom. The van der Waals surface area contributed by atoms with E-state index in [-0.39, 0.29) is 17.9 Å². The molecule has 3 heterocycles. The van der Waals surface area contributed by atoms with Gasteiger partial charge in [0.15, 0.2) is 0 Å². The topological polar surface area (TPSA) is 124 Å². The number of furan rings is 1. The van der Waals surface area contributed by atoms with Crippen molar-refractivity contribution in [2.45, 2.75) is 56.7 Å². The van der Waals surface area contributed by atoms with E-state index < -0.39 is 12.0 Å². The van der Waals surface area contributed by atoms with E-state index in [0.29, 0.717) is 23.7 Å². The molecule has 1 fully saturated rings. The van der Waals surface area contributed by atoms with E-state index in [9.17, 15) is 9.59 Å². The molecule has 2 unspecified atom stereocenters. The monoisotopic (exact) mass is 527 g/mol. The number of rotatable bonds is 7. The van der Waals surface area contributed by atoms with Crippen molar-refractivity contribution < 1.29 is 18.7 Å². The number of methoxy groups -OCH3 is 1. The second-order valence-corrected chi connectivity index (χ2v) is 10.5. The number of ether oxygens (including phenoxy) is 1. The highest BCUT2D eigenvalue weighted by molar-refractivity contribution is 5.99. The van der Waals surface area contributed by atoms with Crippen LogP contribution in [0.25, 0.3) is 22.4 Å². The summed E-state index contributed by atoms with van der Waals surface area (Å²) in [4.78, 5) is 31.0. The highest BCUT2D eigenvalue weighted by Crippen LogP contribution is 2.36. The van der Waals surface area contributed by atoms with E-state index in [0.717, 1.165) is 40.8 Å². The lowest BCUT2D eigenvalue weighted by Gasteiger charge is -2.25. The second-order valence-electron chi connectivity index (χ2n) is 10.5. The molecule has 2 aromatic heterocycles. The van der Waals surface area contributed by atoms with Crippen LogP contribution < -0.4 is 16.4 Å². The molecule has 9 heteroatoms. The normalized spacial score (nSPS) is 21.6. The Kier molecular flexibility index (Phi) is 6.72. The van der Waals surface area contributed by atoms with Gasteiger partial charge >= 0.3 is 5.97 Å². The third-order valence-corrected chi connectivity index (χ3v) is 8.05. The van der Waals surface area contributed by atoms with Crippen LogP contribution in [0.2, 0.25) is 0 Å². The minimum atomic E-state index is -0.841. The Balaban J connectivity index is 1.26. The molecule has 202 valence electrons. The average Bonchev–Trinajstić information content (AvgIpc) is 3.71. The smallest absolute Gasteiger partial charge is 0.328 e. The number of nitrogens with zero attached hydrogens (tertiary/aromatic N) is 2. The number of esters is 1. The number of fused-ring (bicyclic) bond motifs is 2. The van der Waals surface area contributed by atoms with Crippen LogP contribution in [0.15, 0.2) is 76.9 Å². The number of carbonyl (C=O) groups excluding carboxylic acids is 2. The zero-order valence-corrected chi connectivity index (χ0v) is 21.9. The first-order valence-corrected chi connectivity index (χ1v) is 13.6. The van der Waals surface area contributed by atoms with E-state index in [2.05, 4.69) is 15.2 Å². The molecule has 3 aromatic rings. The van der Waals surface area contributed by atoms with Crippen molar-refractivity contribution in [1.29, 1.82) is 0 Å². The summed E-state index contributed by atoms with van der Waals surface area (Å²) in [6, 6.07) is 7.07. The molecule has 1 aromatic carbocycles. The molecule has 0 radical (unpaired) electrons. The average molecular weight is 528 g/mol. The van der Waals surface area contributed by atoms with Crippen molar-refractivity contribution in [3.8, 4) is 11.4 Å². The number of hydrogen-bond donors (Lipinski definition) is 3. The zero-order valence-electron chi connectivity index (χ0n) is 21.9. The van der Waals surface area contributed by atoms with Crippen molar-refractivity contribution in [3.63, 3.8) is 0 Å². The Labute approximate surface area is 226 Å². The minimum absolute atomic E-state index is 0.0282. The number of amides is 1. The van der Waals surface area contributed by atoms with Gasteiger partial charge in [-0.15, -0.1) is 0 Å². The summed E-state index contributed by atoms with van der Waals surface area (Å²) in [6.45, 7) is 0. The van der Waals surface area contributed by atoms with Gasteiger partial charge < -0.3 is 30.1 Å². The van der Waals surface area contributed by atoms with Gasteiger partial charge in [0, 0.05) is 29.6 Å². The maximum Gasteiger partial charge on any atom is 0.328 e. The summed E-state index contributed by atoms with van der Waals surface area (Å²) in [5.41, 5.74) is 10.7. The van der Waals surface area contributed by atoms with Crippen molar-refractivity contribution in [1.82, 2.24) is 20.2 Å². The highest BCUT2D eigenvalue weighted by Gasteiger charge is 2.33. The predicted octanol–water partition coefficient (Wildman–Crippen LogP) is 4.35. The van der Waals surface area contributed by atoms with Crippen LogP contribution in [0.3, 0.4) is 0 Å². The van der Waals surface area contributed by atoms with E-state index in [1.54, 1.807) is 24.7 Å². The standard InChI is InChI=1S/C30H33N5O4/c1-38-30(37)26(14-20-16-32-24-9-8-21(31)15-23(20)24)34-29(36)18-7-10-27-25(13-18)33-28(19-11-12-39-17-19)35(27)22-5-3-2-4-6-22/h7-13,15-17,22-24,26,32H,2-6,14,31H2,1H3,(H,34,36)/t23?,24?,26-/m0/s1. The highest BCUT2D eigenvalue weighted by atomic mass is 16.5. The molecule has 1 aliphatic heterocycles. The number of allylic oxidation sites excluding steroid dienone is 1. The fourth-order valence-corrected chi connectivity index (χ4v) is 6.05. The molecule has 39 heavy (non-hydrogen) atoms. The van der Waals surface area contributed by atoms with Crippen LogP contribution in [0.5, 0.6) is 0 Å². The molecule has 4 N–H and O–H groups in total. The maximum absolute atomic E-state index is 13.4. The molecule has 1 saturated carbocycles. The van der Waals surface area contributed by atoms with Crippen LogP contribution in [-0.2, 0) is 9.53 Å². The van der Waals surface area contributed by atoms with E-state index in [1.807, 2.05) is 36.6 Å². The number of imidazole rings is 1. The third-order valence-electron chi connectivity index (χ3n) is 8.05. The molecular weight excluding hydrogens is 494 g/mol. The van der Waals surface area contributed by atoms with Gasteiger partial charge in [-0.3, -0.25) is 4.79 Å². The maximum atomic E-state index is 13.4. The Morgan fingerprint density at radius 1 is 1.26 bits per heavy atom.